The van der Waals surface area contributed by atoms with E-state index in [1.807, 2.05) is 0 Å². The van der Waals surface area contributed by atoms with Crippen LogP contribution in [0.15, 0.2) is 4.99 Å². The van der Waals surface area contributed by atoms with E-state index in [-0.39, 0.29) is 69.4 Å². The topological polar surface area (TPSA) is 504 Å². The second-order valence-corrected chi connectivity index (χ2v) is 19.0. The van der Waals surface area contributed by atoms with Gasteiger partial charge in [-0.1, -0.05) is 27.7 Å². The first-order chi connectivity index (χ1) is 35.0. The summed E-state index contributed by atoms with van der Waals surface area (Å²) < 4.78 is 0. The molecule has 29 nitrogen and oxygen atoms in total. The van der Waals surface area contributed by atoms with E-state index in [0.29, 0.717) is 12.8 Å². The Morgan fingerprint density at radius 3 is 1.28 bits per heavy atom. The Bertz CT molecular complexity index is 1990. The molecule has 0 aliphatic carbocycles. The highest BCUT2D eigenvalue weighted by atomic mass is 32.1. The number of nitrogens with zero attached hydrogens (tertiary/aromatic N) is 1. The summed E-state index contributed by atoms with van der Waals surface area (Å²) in [5, 5.41) is 47.6. The number of aliphatic carboxylic acids is 3. The van der Waals surface area contributed by atoms with Gasteiger partial charge in [-0.2, -0.15) is 12.6 Å². The number of carboxylic acids is 3. The number of nitrogens with one attached hydrogen (secondary N) is 8. The standard InChI is InChI=1S/C45H80N14O15S/c1-22(2)19-30(57-37(66)25(47)11-15-34(61)62)41(70)53-26(9-6-7-17-46)38(67)58-31(20-23(3)4)42(71)55-27(12-14-33(48)60)39(68)54-28(13-16-35(63)64)40(69)59-32(21-75)43(72)52-24(5)36(65)56-29(44(73)74)10-8-18-51-45(49)50/h22-32,75H,6-21,46-47H2,1-5H3,(H2,48,60)(H,52,72)(H,53,70)(H,54,68)(H,55,71)(H,56,65)(H,57,66)(H,58,67)(H,59,69)(H,61,62)(H,63,64)(H,73,74)(H4,49,50,51)/t24-,25-,26-,27-,28-,29-,30-,31-,32-/m0/s1. The zero-order valence-electron chi connectivity index (χ0n) is 43.2. The van der Waals surface area contributed by atoms with Crippen molar-refractivity contribution in [2.45, 2.75) is 172 Å². The SMILES string of the molecule is CC(C)C[C@H](NC(=O)[C@H](CCCCN)NC(=O)[C@H](CC(C)C)NC(=O)[C@@H](N)CCC(=O)O)C(=O)N[C@@H](CCC(N)=O)C(=O)N[C@@H](CCC(=O)O)C(=O)N[C@@H](CS)C(=O)N[C@@H](C)C(=O)N[C@@H](CCCN=C(N)N)C(=O)O. The lowest BCUT2D eigenvalue weighted by Crippen LogP contribution is -2.60. The summed E-state index contributed by atoms with van der Waals surface area (Å²) in [7, 11) is 0. The minimum Gasteiger partial charge on any atom is -0.481 e. The lowest BCUT2D eigenvalue weighted by Gasteiger charge is -2.28. The van der Waals surface area contributed by atoms with E-state index in [9.17, 15) is 67.7 Å². The van der Waals surface area contributed by atoms with Gasteiger partial charge >= 0.3 is 17.9 Å². The molecule has 0 aromatic heterocycles. The number of amides is 9. The third-order valence-corrected chi connectivity index (χ3v) is 11.4. The van der Waals surface area contributed by atoms with Gasteiger partial charge in [0, 0.05) is 31.6 Å². The average Bonchev–Trinajstić information content (AvgIpc) is 3.31. The Morgan fingerprint density at radius 1 is 0.467 bits per heavy atom. The highest BCUT2D eigenvalue weighted by Crippen LogP contribution is 2.12. The van der Waals surface area contributed by atoms with Crippen LogP contribution in [0, 0.1) is 11.8 Å². The Hall–Kier alpha value is -6.82. The molecular formula is C45H80N14O15S. The molecule has 0 aliphatic rings. The third kappa shape index (κ3) is 29.6. The second kappa shape index (κ2) is 36.2. The maximum absolute atomic E-state index is 14.1. The normalized spacial score (nSPS) is 14.6. The molecule has 426 valence electrons. The Morgan fingerprint density at radius 2 is 0.853 bits per heavy atom. The van der Waals surface area contributed by atoms with Gasteiger partial charge in [0.05, 0.1) is 6.04 Å². The number of rotatable bonds is 39. The highest BCUT2D eigenvalue weighted by molar-refractivity contribution is 7.80. The van der Waals surface area contributed by atoms with E-state index in [4.69, 9.17) is 33.8 Å². The third-order valence-electron chi connectivity index (χ3n) is 11.0. The Labute approximate surface area is 440 Å². The summed E-state index contributed by atoms with van der Waals surface area (Å²) in [4.78, 5) is 159. The van der Waals surface area contributed by atoms with Gasteiger partial charge < -0.3 is 86.5 Å². The van der Waals surface area contributed by atoms with Crippen molar-refractivity contribution in [2.75, 3.05) is 18.8 Å². The lowest BCUT2D eigenvalue weighted by molar-refractivity contribution is -0.142. The number of primary amides is 1. The average molecular weight is 1090 g/mol. The van der Waals surface area contributed by atoms with Gasteiger partial charge in [-0.05, 0) is 89.5 Å². The Balaban J connectivity index is 6.53. The zero-order chi connectivity index (χ0) is 57.5. The van der Waals surface area contributed by atoms with E-state index in [1.165, 1.54) is 6.92 Å². The van der Waals surface area contributed by atoms with Crippen molar-refractivity contribution in [1.29, 1.82) is 0 Å². The van der Waals surface area contributed by atoms with Gasteiger partial charge in [-0.3, -0.25) is 57.7 Å². The number of carbonyl (C=O) groups is 12. The van der Waals surface area contributed by atoms with Crippen molar-refractivity contribution in [2.24, 2.45) is 45.5 Å². The predicted octanol–water partition coefficient (Wildman–Crippen LogP) is -4.50. The quantitative estimate of drug-likeness (QED) is 0.0119. The molecule has 30 heteroatoms. The fourth-order valence-electron chi connectivity index (χ4n) is 6.94. The van der Waals surface area contributed by atoms with E-state index in [0.717, 1.165) is 0 Å². The highest BCUT2D eigenvalue weighted by Gasteiger charge is 2.35. The molecule has 9 amide bonds. The molecule has 21 N–H and O–H groups in total. The van der Waals surface area contributed by atoms with Gasteiger partial charge in [-0.15, -0.1) is 0 Å². The van der Waals surface area contributed by atoms with Crippen molar-refractivity contribution < 1.29 is 72.9 Å². The molecule has 0 saturated carbocycles. The summed E-state index contributed by atoms with van der Waals surface area (Å²) in [5.41, 5.74) is 27.5. The summed E-state index contributed by atoms with van der Waals surface area (Å²) in [6.45, 7) is 8.55. The summed E-state index contributed by atoms with van der Waals surface area (Å²) in [5.74, 6) is -13.3. The second-order valence-electron chi connectivity index (χ2n) is 18.6. The van der Waals surface area contributed by atoms with Crippen LogP contribution in [0.5, 0.6) is 0 Å². The van der Waals surface area contributed by atoms with Crippen LogP contribution in [0.25, 0.3) is 0 Å². The first-order valence-corrected chi connectivity index (χ1v) is 25.2. The molecule has 0 bridgehead atoms. The molecule has 9 atom stereocenters. The first kappa shape index (κ1) is 68.2. The number of guanidine groups is 1. The predicted molar refractivity (Wildman–Crippen MR) is 274 cm³/mol. The number of hydrogen-bond donors (Lipinski definition) is 17. The number of aliphatic imine (C=N–C) groups is 1. The van der Waals surface area contributed by atoms with Crippen LogP contribution < -0.4 is 71.2 Å². The summed E-state index contributed by atoms with van der Waals surface area (Å²) in [6.07, 6.45) is -1.85. The van der Waals surface area contributed by atoms with Gasteiger partial charge in [0.25, 0.3) is 0 Å². The largest absolute Gasteiger partial charge is 0.481 e. The minimum absolute atomic E-state index is 0.0235. The zero-order valence-corrected chi connectivity index (χ0v) is 44.1. The van der Waals surface area contributed by atoms with E-state index in [2.05, 4.69) is 60.2 Å². The van der Waals surface area contributed by atoms with Crippen molar-refractivity contribution >= 4 is 89.7 Å². The molecule has 0 rings (SSSR count). The molecule has 0 spiro atoms. The molecule has 0 aromatic rings. The number of thiol groups is 1. The fraction of sp³-hybridized carbons (Fsp3) is 0.711. The maximum Gasteiger partial charge on any atom is 0.326 e. The molecule has 0 radical (unpaired) electrons. The summed E-state index contributed by atoms with van der Waals surface area (Å²) in [6, 6.07) is -12.8. The van der Waals surface area contributed by atoms with Crippen LogP contribution in [-0.2, 0) is 57.5 Å². The van der Waals surface area contributed by atoms with Crippen LogP contribution in [0.2, 0.25) is 0 Å². The molecular weight excluding hydrogens is 1010 g/mol. The van der Waals surface area contributed by atoms with Crippen molar-refractivity contribution in [1.82, 2.24) is 42.5 Å². The number of nitrogens with two attached hydrogens (primary N) is 5. The van der Waals surface area contributed by atoms with Crippen LogP contribution in [-0.4, -0.2) is 166 Å². The number of hydrogen-bond acceptors (Lipinski definition) is 16. The minimum atomic E-state index is -1.71. The summed E-state index contributed by atoms with van der Waals surface area (Å²) >= 11 is 4.11. The fourth-order valence-corrected chi connectivity index (χ4v) is 7.20. The smallest absolute Gasteiger partial charge is 0.326 e. The van der Waals surface area contributed by atoms with Gasteiger partial charge in [0.1, 0.15) is 48.3 Å². The van der Waals surface area contributed by atoms with Gasteiger partial charge in [-0.25, -0.2) is 4.79 Å². The molecule has 0 heterocycles. The molecule has 0 aromatic carbocycles. The van der Waals surface area contributed by atoms with E-state index in [1.54, 1.807) is 27.7 Å². The van der Waals surface area contributed by atoms with Crippen LogP contribution in [0.3, 0.4) is 0 Å². The van der Waals surface area contributed by atoms with Crippen LogP contribution in [0.1, 0.15) is 118 Å². The Kier molecular flexibility index (Phi) is 32.9. The van der Waals surface area contributed by atoms with E-state index < -0.39 is 163 Å². The monoisotopic (exact) mass is 1090 g/mol. The number of carbonyl (C=O) groups excluding carboxylic acids is 9. The van der Waals surface area contributed by atoms with Gasteiger partial charge in [0.2, 0.25) is 53.2 Å². The molecule has 0 aliphatic heterocycles. The number of carboxylic acid groups (broad SMARTS) is 3. The molecule has 0 unspecified atom stereocenters. The number of unbranched alkanes of at least 4 members (excludes halogenated alkanes) is 1. The lowest BCUT2D eigenvalue weighted by atomic mass is 9.99. The van der Waals surface area contributed by atoms with Crippen LogP contribution in [0.4, 0.5) is 0 Å². The molecule has 0 saturated heterocycles. The van der Waals surface area contributed by atoms with E-state index >= 15 is 0 Å². The molecule has 0 fully saturated rings. The molecule has 75 heavy (non-hydrogen) atoms. The van der Waals surface area contributed by atoms with Gasteiger partial charge in [0.15, 0.2) is 5.96 Å². The van der Waals surface area contributed by atoms with Crippen LogP contribution >= 0.6 is 12.6 Å². The van der Waals surface area contributed by atoms with Crippen molar-refractivity contribution in [3.05, 3.63) is 0 Å². The maximum atomic E-state index is 14.1. The van der Waals surface area contributed by atoms with Crippen molar-refractivity contribution in [3.8, 4) is 0 Å². The first-order valence-electron chi connectivity index (χ1n) is 24.5. The van der Waals surface area contributed by atoms with Crippen molar-refractivity contribution in [3.63, 3.8) is 0 Å².